The number of anilines is 1. The Balaban J connectivity index is 2.00. The maximum absolute atomic E-state index is 11.3. The van der Waals surface area contributed by atoms with Gasteiger partial charge in [-0.25, -0.2) is 0 Å². The van der Waals surface area contributed by atoms with Crippen LogP contribution in [0.2, 0.25) is 0 Å². The molecule has 1 aromatic rings. The van der Waals surface area contributed by atoms with Crippen molar-refractivity contribution in [1.29, 1.82) is 0 Å². The zero-order chi connectivity index (χ0) is 13.8. The minimum atomic E-state index is -0.679. The molecule has 7 heteroatoms. The monoisotopic (exact) mass is 264 g/mol. The molecule has 19 heavy (non-hydrogen) atoms. The average Bonchev–Trinajstić information content (AvgIpc) is 3.18. The van der Waals surface area contributed by atoms with Crippen molar-refractivity contribution < 1.29 is 9.72 Å². The quantitative estimate of drug-likeness (QED) is 0.384. The topological polar surface area (TPSA) is 110 Å². The van der Waals surface area contributed by atoms with E-state index in [4.69, 9.17) is 5.73 Å². The van der Waals surface area contributed by atoms with Crippen molar-refractivity contribution in [2.24, 2.45) is 5.73 Å². The maximum atomic E-state index is 11.3. The second-order valence-corrected chi connectivity index (χ2v) is 4.51. The Hall–Kier alpha value is -2.15. The molecule has 0 unspecified atom stereocenters. The predicted molar refractivity (Wildman–Crippen MR) is 71.1 cm³/mol. The Morgan fingerprint density at radius 1 is 1.42 bits per heavy atom. The van der Waals surface area contributed by atoms with Crippen molar-refractivity contribution >= 4 is 17.3 Å². The fourth-order valence-corrected chi connectivity index (χ4v) is 1.76. The summed E-state index contributed by atoms with van der Waals surface area (Å²) in [5.74, 6) is -0.679. The molecule has 0 bridgehead atoms. The van der Waals surface area contributed by atoms with Gasteiger partial charge in [-0.2, -0.15) is 0 Å². The molecule has 1 amide bonds. The van der Waals surface area contributed by atoms with Crippen molar-refractivity contribution in [2.75, 3.05) is 18.4 Å². The number of nitro groups is 1. The molecular weight excluding hydrogens is 248 g/mol. The number of carbonyl (C=O) groups is 1. The average molecular weight is 264 g/mol. The van der Waals surface area contributed by atoms with Gasteiger partial charge < -0.3 is 16.4 Å². The number of hydrogen-bond donors (Lipinski definition) is 3. The fourth-order valence-electron chi connectivity index (χ4n) is 1.76. The molecule has 1 fully saturated rings. The highest BCUT2D eigenvalue weighted by Crippen LogP contribution is 2.22. The minimum absolute atomic E-state index is 0.139. The van der Waals surface area contributed by atoms with Crippen molar-refractivity contribution in [2.45, 2.75) is 18.9 Å². The molecule has 1 saturated carbocycles. The Kier molecular flexibility index (Phi) is 3.96. The summed E-state index contributed by atoms with van der Waals surface area (Å²) in [7, 11) is 0. The lowest BCUT2D eigenvalue weighted by molar-refractivity contribution is -0.384. The van der Waals surface area contributed by atoms with E-state index in [0.717, 1.165) is 6.54 Å². The molecule has 2 rings (SSSR count). The summed E-state index contributed by atoms with van der Waals surface area (Å²) in [5, 5.41) is 17.0. The van der Waals surface area contributed by atoms with Gasteiger partial charge in [-0.05, 0) is 18.9 Å². The van der Waals surface area contributed by atoms with Crippen molar-refractivity contribution in [3.05, 3.63) is 33.9 Å². The van der Waals surface area contributed by atoms with Crippen LogP contribution in [0.3, 0.4) is 0 Å². The van der Waals surface area contributed by atoms with Gasteiger partial charge >= 0.3 is 0 Å². The van der Waals surface area contributed by atoms with E-state index in [1.807, 2.05) is 0 Å². The first kappa shape index (κ1) is 13.3. The number of nitrogens with one attached hydrogen (secondary N) is 2. The summed E-state index contributed by atoms with van der Waals surface area (Å²) in [6.07, 6.45) is 2.42. The van der Waals surface area contributed by atoms with Gasteiger partial charge in [0, 0.05) is 37.0 Å². The van der Waals surface area contributed by atoms with Crippen LogP contribution < -0.4 is 16.4 Å². The van der Waals surface area contributed by atoms with Crippen LogP contribution in [0.1, 0.15) is 23.2 Å². The van der Waals surface area contributed by atoms with Gasteiger partial charge in [0.15, 0.2) is 0 Å². The number of nitrogens with zero attached hydrogens (tertiary/aromatic N) is 1. The number of primary amides is 1. The molecule has 0 radical (unpaired) electrons. The zero-order valence-corrected chi connectivity index (χ0v) is 10.4. The first-order valence-electron chi connectivity index (χ1n) is 6.13. The Morgan fingerprint density at radius 3 is 2.74 bits per heavy atom. The van der Waals surface area contributed by atoms with Gasteiger partial charge in [0.25, 0.3) is 11.6 Å². The lowest BCUT2D eigenvalue weighted by Crippen LogP contribution is -2.25. The molecular formula is C12H16N4O3. The van der Waals surface area contributed by atoms with E-state index in [1.165, 1.54) is 31.0 Å². The van der Waals surface area contributed by atoms with E-state index in [0.29, 0.717) is 18.3 Å². The second-order valence-electron chi connectivity index (χ2n) is 4.51. The number of non-ortho nitro benzene ring substituents is 1. The molecule has 1 aliphatic carbocycles. The summed E-state index contributed by atoms with van der Waals surface area (Å²) in [4.78, 5) is 21.4. The highest BCUT2D eigenvalue weighted by molar-refractivity contribution is 5.99. The number of amides is 1. The largest absolute Gasteiger partial charge is 0.383 e. The van der Waals surface area contributed by atoms with E-state index in [2.05, 4.69) is 10.6 Å². The minimum Gasteiger partial charge on any atom is -0.383 e. The molecule has 1 aliphatic rings. The molecule has 0 heterocycles. The highest BCUT2D eigenvalue weighted by Gasteiger charge is 2.19. The first-order valence-corrected chi connectivity index (χ1v) is 6.13. The Morgan fingerprint density at radius 2 is 2.16 bits per heavy atom. The number of hydrogen-bond acceptors (Lipinski definition) is 5. The molecule has 0 atom stereocenters. The van der Waals surface area contributed by atoms with Gasteiger partial charge in [0.05, 0.1) is 10.5 Å². The van der Waals surface area contributed by atoms with Crippen LogP contribution >= 0.6 is 0 Å². The third-order valence-electron chi connectivity index (χ3n) is 2.93. The number of carbonyl (C=O) groups excluding carboxylic acids is 1. The molecule has 0 aliphatic heterocycles. The van der Waals surface area contributed by atoms with E-state index in [-0.39, 0.29) is 11.3 Å². The van der Waals surface area contributed by atoms with Crippen molar-refractivity contribution in [3.8, 4) is 0 Å². The SMILES string of the molecule is NC(=O)c1cc([N+](=O)[O-])ccc1NCCNC1CC1. The summed E-state index contributed by atoms with van der Waals surface area (Å²) >= 11 is 0. The fraction of sp³-hybridized carbons (Fsp3) is 0.417. The van der Waals surface area contributed by atoms with Crippen LogP contribution in [0, 0.1) is 10.1 Å². The maximum Gasteiger partial charge on any atom is 0.270 e. The van der Waals surface area contributed by atoms with Crippen molar-refractivity contribution in [3.63, 3.8) is 0 Å². The molecule has 1 aromatic carbocycles. The standard InChI is InChI=1S/C12H16N4O3/c13-12(17)10-7-9(16(18)19)3-4-11(10)15-6-5-14-8-1-2-8/h3-4,7-8,14-15H,1-2,5-6H2,(H2,13,17). The first-order chi connectivity index (χ1) is 9.08. The summed E-state index contributed by atoms with van der Waals surface area (Å²) in [6.45, 7) is 1.41. The second kappa shape index (κ2) is 5.66. The Labute approximate surface area is 110 Å². The number of rotatable bonds is 7. The normalized spacial score (nSPS) is 14.1. The number of benzene rings is 1. The van der Waals surface area contributed by atoms with Crippen LogP contribution in [0.4, 0.5) is 11.4 Å². The van der Waals surface area contributed by atoms with Crippen LogP contribution in [-0.4, -0.2) is 30.0 Å². The van der Waals surface area contributed by atoms with Crippen LogP contribution in [0.25, 0.3) is 0 Å². The van der Waals surface area contributed by atoms with Crippen LogP contribution in [0.15, 0.2) is 18.2 Å². The van der Waals surface area contributed by atoms with E-state index in [1.54, 1.807) is 0 Å². The molecule has 0 saturated heterocycles. The zero-order valence-electron chi connectivity index (χ0n) is 10.4. The van der Waals surface area contributed by atoms with Gasteiger partial charge in [-0.1, -0.05) is 0 Å². The smallest absolute Gasteiger partial charge is 0.270 e. The molecule has 0 aromatic heterocycles. The highest BCUT2D eigenvalue weighted by atomic mass is 16.6. The third kappa shape index (κ3) is 3.65. The van der Waals surface area contributed by atoms with Gasteiger partial charge in [-0.15, -0.1) is 0 Å². The number of nitrogens with two attached hydrogens (primary N) is 1. The van der Waals surface area contributed by atoms with Gasteiger partial charge in [-0.3, -0.25) is 14.9 Å². The third-order valence-corrected chi connectivity index (χ3v) is 2.93. The van der Waals surface area contributed by atoms with Gasteiger partial charge in [0.2, 0.25) is 0 Å². The molecule has 4 N–H and O–H groups in total. The predicted octanol–water partition coefficient (Wildman–Crippen LogP) is 0.858. The molecule has 7 nitrogen and oxygen atoms in total. The number of nitro benzene ring substituents is 1. The summed E-state index contributed by atoms with van der Waals surface area (Å²) in [6, 6.07) is 4.67. The van der Waals surface area contributed by atoms with E-state index < -0.39 is 10.8 Å². The van der Waals surface area contributed by atoms with E-state index in [9.17, 15) is 14.9 Å². The molecule has 102 valence electrons. The lowest BCUT2D eigenvalue weighted by Gasteiger charge is -2.10. The molecule has 0 spiro atoms. The van der Waals surface area contributed by atoms with Gasteiger partial charge in [0.1, 0.15) is 0 Å². The van der Waals surface area contributed by atoms with Crippen molar-refractivity contribution in [1.82, 2.24) is 5.32 Å². The van der Waals surface area contributed by atoms with Crippen LogP contribution in [-0.2, 0) is 0 Å². The summed E-state index contributed by atoms with van der Waals surface area (Å²) in [5.41, 5.74) is 5.75. The lowest BCUT2D eigenvalue weighted by atomic mass is 10.1. The van der Waals surface area contributed by atoms with Crippen LogP contribution in [0.5, 0.6) is 0 Å². The Bertz CT molecular complexity index is 500. The van der Waals surface area contributed by atoms with E-state index >= 15 is 0 Å². The summed E-state index contributed by atoms with van der Waals surface area (Å²) < 4.78 is 0.